The maximum Gasteiger partial charge on any atom is 0.198 e. The van der Waals surface area contributed by atoms with Gasteiger partial charge in [0.2, 0.25) is 0 Å². The van der Waals surface area contributed by atoms with Gasteiger partial charge in [0.05, 0.1) is 18.4 Å². The standard InChI is InChI=1S/C16H13BrN2O2/c1-21-12-5-6-15-13(8-12)14(16(20)19-15)9-18-11-4-2-3-10(17)7-11/h2-9,19-20H,1H3. The van der Waals surface area contributed by atoms with Crippen LogP contribution in [0.1, 0.15) is 5.56 Å². The van der Waals surface area contributed by atoms with E-state index < -0.39 is 0 Å². The van der Waals surface area contributed by atoms with Crippen molar-refractivity contribution in [2.75, 3.05) is 7.11 Å². The van der Waals surface area contributed by atoms with Crippen molar-refractivity contribution >= 4 is 38.7 Å². The Labute approximate surface area is 130 Å². The van der Waals surface area contributed by atoms with E-state index >= 15 is 0 Å². The van der Waals surface area contributed by atoms with Gasteiger partial charge in [-0.15, -0.1) is 0 Å². The van der Waals surface area contributed by atoms with Crippen molar-refractivity contribution in [1.29, 1.82) is 0 Å². The summed E-state index contributed by atoms with van der Waals surface area (Å²) in [4.78, 5) is 7.33. The molecule has 2 aromatic carbocycles. The van der Waals surface area contributed by atoms with Crippen LogP contribution < -0.4 is 4.74 Å². The van der Waals surface area contributed by atoms with Gasteiger partial charge >= 0.3 is 0 Å². The molecule has 4 nitrogen and oxygen atoms in total. The molecular weight excluding hydrogens is 332 g/mol. The molecule has 0 aliphatic carbocycles. The summed E-state index contributed by atoms with van der Waals surface area (Å²) in [7, 11) is 1.61. The molecular formula is C16H13BrN2O2. The number of halogens is 1. The van der Waals surface area contributed by atoms with E-state index in [0.29, 0.717) is 5.56 Å². The van der Waals surface area contributed by atoms with Crippen LogP contribution in [0.5, 0.6) is 11.6 Å². The summed E-state index contributed by atoms with van der Waals surface area (Å²) < 4.78 is 6.18. The van der Waals surface area contributed by atoms with Crippen molar-refractivity contribution in [3.63, 3.8) is 0 Å². The zero-order valence-electron chi connectivity index (χ0n) is 11.3. The van der Waals surface area contributed by atoms with E-state index in [2.05, 4.69) is 25.9 Å². The van der Waals surface area contributed by atoms with Crippen LogP contribution in [0, 0.1) is 0 Å². The number of aromatic amines is 1. The maximum atomic E-state index is 10.0. The van der Waals surface area contributed by atoms with Crippen molar-refractivity contribution in [2.24, 2.45) is 4.99 Å². The lowest BCUT2D eigenvalue weighted by Gasteiger charge is -1.99. The molecule has 21 heavy (non-hydrogen) atoms. The Bertz CT molecular complexity index is 824. The fraction of sp³-hybridized carbons (Fsp3) is 0.0625. The monoisotopic (exact) mass is 344 g/mol. The maximum absolute atomic E-state index is 10.0. The van der Waals surface area contributed by atoms with E-state index in [4.69, 9.17) is 4.74 Å². The van der Waals surface area contributed by atoms with Crippen LogP contribution in [0.2, 0.25) is 0 Å². The molecule has 0 bridgehead atoms. The Balaban J connectivity index is 2.05. The number of hydrogen-bond donors (Lipinski definition) is 2. The van der Waals surface area contributed by atoms with Crippen molar-refractivity contribution in [3.8, 4) is 11.6 Å². The third-order valence-electron chi connectivity index (χ3n) is 3.18. The molecule has 0 aliphatic heterocycles. The lowest BCUT2D eigenvalue weighted by Crippen LogP contribution is -1.83. The molecule has 0 saturated heterocycles. The number of ether oxygens (including phenoxy) is 1. The fourth-order valence-electron chi connectivity index (χ4n) is 2.13. The van der Waals surface area contributed by atoms with E-state index in [0.717, 1.165) is 26.8 Å². The first kappa shape index (κ1) is 13.7. The van der Waals surface area contributed by atoms with Crippen LogP contribution >= 0.6 is 15.9 Å². The number of nitrogens with zero attached hydrogens (tertiary/aromatic N) is 1. The smallest absolute Gasteiger partial charge is 0.198 e. The lowest BCUT2D eigenvalue weighted by atomic mass is 10.1. The Kier molecular flexibility index (Phi) is 3.66. The zero-order chi connectivity index (χ0) is 14.8. The molecule has 1 heterocycles. The van der Waals surface area contributed by atoms with Crippen LogP contribution in [0.4, 0.5) is 5.69 Å². The van der Waals surface area contributed by atoms with Crippen molar-refractivity contribution in [1.82, 2.24) is 4.98 Å². The third-order valence-corrected chi connectivity index (χ3v) is 3.67. The fourth-order valence-corrected chi connectivity index (χ4v) is 2.52. The van der Waals surface area contributed by atoms with Gasteiger partial charge in [-0.2, -0.15) is 0 Å². The summed E-state index contributed by atoms with van der Waals surface area (Å²) in [5, 5.41) is 10.9. The average molecular weight is 345 g/mol. The average Bonchev–Trinajstić information content (AvgIpc) is 2.79. The SMILES string of the molecule is COc1ccc2[nH]c(O)c(C=Nc3cccc(Br)c3)c2c1. The summed E-state index contributed by atoms with van der Waals surface area (Å²) in [5.41, 5.74) is 2.29. The Morgan fingerprint density at radius 2 is 2.10 bits per heavy atom. The van der Waals surface area contributed by atoms with Gasteiger partial charge in [-0.1, -0.05) is 22.0 Å². The lowest BCUT2D eigenvalue weighted by molar-refractivity contribution is 0.415. The number of aliphatic imine (C=N–C) groups is 1. The molecule has 0 atom stereocenters. The van der Waals surface area contributed by atoms with Crippen LogP contribution in [0.3, 0.4) is 0 Å². The zero-order valence-corrected chi connectivity index (χ0v) is 12.9. The number of hydrogen-bond acceptors (Lipinski definition) is 3. The molecule has 0 saturated carbocycles. The Morgan fingerprint density at radius 1 is 1.24 bits per heavy atom. The number of fused-ring (bicyclic) bond motifs is 1. The van der Waals surface area contributed by atoms with Gasteiger partial charge in [0.1, 0.15) is 5.75 Å². The molecule has 3 rings (SSSR count). The van der Waals surface area contributed by atoms with Crippen LogP contribution in [0.15, 0.2) is 51.9 Å². The highest BCUT2D eigenvalue weighted by molar-refractivity contribution is 9.10. The number of benzene rings is 2. The number of aromatic hydroxyl groups is 1. The van der Waals surface area contributed by atoms with Gasteiger partial charge < -0.3 is 14.8 Å². The predicted octanol–water partition coefficient (Wildman–Crippen LogP) is 4.40. The Hall–Kier alpha value is -2.27. The van der Waals surface area contributed by atoms with Gasteiger partial charge in [-0.05, 0) is 36.4 Å². The van der Waals surface area contributed by atoms with Gasteiger partial charge in [-0.3, -0.25) is 4.99 Å². The largest absolute Gasteiger partial charge is 0.497 e. The molecule has 0 unspecified atom stereocenters. The summed E-state index contributed by atoms with van der Waals surface area (Å²) in [6, 6.07) is 13.2. The summed E-state index contributed by atoms with van der Waals surface area (Å²) in [6.45, 7) is 0. The topological polar surface area (TPSA) is 57.6 Å². The van der Waals surface area contributed by atoms with Gasteiger partial charge in [0, 0.05) is 21.6 Å². The van der Waals surface area contributed by atoms with E-state index in [9.17, 15) is 5.11 Å². The van der Waals surface area contributed by atoms with Gasteiger partial charge in [-0.25, -0.2) is 0 Å². The van der Waals surface area contributed by atoms with Gasteiger partial charge in [0.25, 0.3) is 0 Å². The first-order chi connectivity index (χ1) is 10.2. The summed E-state index contributed by atoms with van der Waals surface area (Å²) >= 11 is 3.41. The first-order valence-electron chi connectivity index (χ1n) is 6.35. The molecule has 2 N–H and O–H groups in total. The van der Waals surface area contributed by atoms with Crippen LogP contribution in [0.25, 0.3) is 10.9 Å². The molecule has 0 fully saturated rings. The second-order valence-corrected chi connectivity index (χ2v) is 5.45. The van der Waals surface area contributed by atoms with E-state index in [1.807, 2.05) is 42.5 Å². The third kappa shape index (κ3) is 2.78. The van der Waals surface area contributed by atoms with Crippen LogP contribution in [-0.2, 0) is 0 Å². The molecule has 0 amide bonds. The highest BCUT2D eigenvalue weighted by atomic mass is 79.9. The van der Waals surface area contributed by atoms with Crippen LogP contribution in [-0.4, -0.2) is 23.4 Å². The Morgan fingerprint density at radius 3 is 2.86 bits per heavy atom. The van der Waals surface area contributed by atoms with E-state index in [-0.39, 0.29) is 5.88 Å². The van der Waals surface area contributed by atoms with Crippen molar-refractivity contribution in [3.05, 3.63) is 52.5 Å². The minimum Gasteiger partial charge on any atom is -0.497 e. The summed E-state index contributed by atoms with van der Waals surface area (Å²) in [5.74, 6) is 0.829. The minimum absolute atomic E-state index is 0.0944. The number of methoxy groups -OCH3 is 1. The molecule has 0 aliphatic rings. The number of aromatic nitrogens is 1. The van der Waals surface area contributed by atoms with Gasteiger partial charge in [0.15, 0.2) is 5.88 Å². The molecule has 1 aromatic heterocycles. The number of nitrogens with one attached hydrogen (secondary N) is 1. The number of H-pyrrole nitrogens is 1. The number of rotatable bonds is 3. The van der Waals surface area contributed by atoms with Crippen molar-refractivity contribution in [2.45, 2.75) is 0 Å². The van der Waals surface area contributed by atoms with E-state index in [1.165, 1.54) is 0 Å². The minimum atomic E-state index is 0.0944. The van der Waals surface area contributed by atoms with Crippen molar-refractivity contribution < 1.29 is 9.84 Å². The molecule has 3 aromatic rings. The van der Waals surface area contributed by atoms with E-state index in [1.54, 1.807) is 13.3 Å². The molecule has 5 heteroatoms. The molecule has 106 valence electrons. The summed E-state index contributed by atoms with van der Waals surface area (Å²) in [6.07, 6.45) is 1.65. The molecule has 0 radical (unpaired) electrons. The highest BCUT2D eigenvalue weighted by Gasteiger charge is 2.09. The highest BCUT2D eigenvalue weighted by Crippen LogP contribution is 2.29. The second-order valence-electron chi connectivity index (χ2n) is 4.54. The molecule has 0 spiro atoms. The quantitative estimate of drug-likeness (QED) is 0.692. The second kappa shape index (κ2) is 5.61. The first-order valence-corrected chi connectivity index (χ1v) is 7.15. The predicted molar refractivity (Wildman–Crippen MR) is 87.9 cm³/mol. The normalized spacial score (nSPS) is 11.3.